The maximum Gasteiger partial charge on any atom is 0.330 e. The Morgan fingerprint density at radius 1 is 1.34 bits per heavy atom. The topological polar surface area (TPSA) is 141 Å². The van der Waals surface area contributed by atoms with Crippen molar-refractivity contribution < 1.29 is 18.9 Å². The Morgan fingerprint density at radius 3 is 2.69 bits per heavy atom. The lowest BCUT2D eigenvalue weighted by atomic mass is 9.85. The van der Waals surface area contributed by atoms with E-state index in [1.807, 2.05) is 0 Å². The molecule has 1 N–H and O–H groups in total. The number of aryl methyl sites for hydroxylation is 1. The number of H-pyrrole nitrogens is 1. The van der Waals surface area contributed by atoms with E-state index in [0.717, 1.165) is 0 Å². The van der Waals surface area contributed by atoms with Gasteiger partial charge in [0.15, 0.2) is 6.23 Å². The Morgan fingerprint density at radius 2 is 2.07 bits per heavy atom. The molecule has 11 heteroatoms. The van der Waals surface area contributed by atoms with E-state index in [1.165, 1.54) is 10.8 Å². The van der Waals surface area contributed by atoms with Gasteiger partial charge in [-0.05, 0) is 36.7 Å². The number of aromatic nitrogens is 2. The first-order valence-corrected chi connectivity index (χ1v) is 8.91. The van der Waals surface area contributed by atoms with E-state index in [-0.39, 0.29) is 13.2 Å². The van der Waals surface area contributed by atoms with Gasteiger partial charge in [-0.2, -0.15) is 0 Å². The lowest BCUT2D eigenvalue weighted by Crippen LogP contribution is -2.61. The fraction of sp³-hybridized carbons (Fsp3) is 0.444. The first kappa shape index (κ1) is 19.1. The summed E-state index contributed by atoms with van der Waals surface area (Å²) in [4.78, 5) is 29.1. The van der Waals surface area contributed by atoms with Crippen LogP contribution in [0.3, 0.4) is 0 Å². The predicted octanol–water partition coefficient (Wildman–Crippen LogP) is 1.28. The second-order valence-corrected chi connectivity index (χ2v) is 6.89. The second-order valence-electron chi connectivity index (χ2n) is 6.89. The number of ether oxygens (including phenoxy) is 4. The molecule has 2 aromatic rings. The summed E-state index contributed by atoms with van der Waals surface area (Å²) in [5, 5.41) is 3.93. The van der Waals surface area contributed by atoms with Crippen molar-refractivity contribution in [2.45, 2.75) is 30.9 Å². The van der Waals surface area contributed by atoms with Crippen LogP contribution in [0.25, 0.3) is 10.4 Å². The van der Waals surface area contributed by atoms with Gasteiger partial charge in [0.05, 0.1) is 13.7 Å². The smallest absolute Gasteiger partial charge is 0.330 e. The number of aromatic amines is 1. The molecule has 152 valence electrons. The van der Waals surface area contributed by atoms with Crippen LogP contribution in [0.15, 0.2) is 45.2 Å². The van der Waals surface area contributed by atoms with E-state index >= 15 is 0 Å². The molecule has 4 atom stereocenters. The van der Waals surface area contributed by atoms with Crippen LogP contribution in [-0.2, 0) is 9.47 Å². The standard InChI is InChI=1S/C18H19N5O6/c1-10-7-23(17(25)20-15(10)24)16-14-18(9-28-14,21-22-19)13(29-16)8-27-12-5-3-11(26-2)4-6-12/h3-7,13-14,16H,8-9H2,1-2H3,(H,20,24,25)/t13-,14-,16-,18-/m1/s1. The van der Waals surface area contributed by atoms with Gasteiger partial charge in [0.1, 0.15) is 35.9 Å². The minimum Gasteiger partial charge on any atom is -0.497 e. The van der Waals surface area contributed by atoms with Gasteiger partial charge in [0.25, 0.3) is 5.56 Å². The van der Waals surface area contributed by atoms with Crippen molar-refractivity contribution in [3.8, 4) is 11.5 Å². The summed E-state index contributed by atoms with van der Waals surface area (Å²) in [7, 11) is 1.57. The van der Waals surface area contributed by atoms with Crippen molar-refractivity contribution in [1.82, 2.24) is 9.55 Å². The molecule has 0 bridgehead atoms. The van der Waals surface area contributed by atoms with Crippen LogP contribution >= 0.6 is 0 Å². The quantitative estimate of drug-likeness (QED) is 0.439. The molecule has 1 aromatic carbocycles. The first-order valence-electron chi connectivity index (χ1n) is 8.91. The highest BCUT2D eigenvalue weighted by Crippen LogP contribution is 2.48. The van der Waals surface area contributed by atoms with Crippen LogP contribution in [0, 0.1) is 6.92 Å². The van der Waals surface area contributed by atoms with Gasteiger partial charge in [0, 0.05) is 16.7 Å². The summed E-state index contributed by atoms with van der Waals surface area (Å²) in [5.41, 5.74) is 7.31. The van der Waals surface area contributed by atoms with Crippen LogP contribution in [0.4, 0.5) is 0 Å². The Kier molecular flexibility index (Phi) is 4.79. The van der Waals surface area contributed by atoms with E-state index in [1.54, 1.807) is 38.3 Å². The zero-order valence-corrected chi connectivity index (χ0v) is 15.8. The molecule has 0 spiro atoms. The molecule has 4 rings (SSSR count). The van der Waals surface area contributed by atoms with E-state index in [2.05, 4.69) is 15.0 Å². The number of rotatable bonds is 6. The molecular weight excluding hydrogens is 382 g/mol. The van der Waals surface area contributed by atoms with Gasteiger partial charge < -0.3 is 18.9 Å². The molecule has 2 aliphatic rings. The molecule has 0 unspecified atom stereocenters. The normalized spacial score (nSPS) is 27.4. The molecular formula is C18H19N5O6. The van der Waals surface area contributed by atoms with Crippen molar-refractivity contribution in [1.29, 1.82) is 0 Å². The fourth-order valence-electron chi connectivity index (χ4n) is 3.56. The largest absolute Gasteiger partial charge is 0.497 e. The maximum atomic E-state index is 12.3. The molecule has 11 nitrogen and oxygen atoms in total. The summed E-state index contributed by atoms with van der Waals surface area (Å²) in [5.74, 6) is 1.28. The number of methoxy groups -OCH3 is 1. The van der Waals surface area contributed by atoms with E-state index in [0.29, 0.717) is 17.1 Å². The van der Waals surface area contributed by atoms with Crippen molar-refractivity contribution in [3.05, 3.63) is 67.3 Å². The lowest BCUT2D eigenvalue weighted by molar-refractivity contribution is -0.138. The van der Waals surface area contributed by atoms with Gasteiger partial charge in [-0.3, -0.25) is 14.3 Å². The number of benzene rings is 1. The highest BCUT2D eigenvalue weighted by atomic mass is 16.6. The molecule has 2 saturated heterocycles. The number of azide groups is 1. The Labute approximate surface area is 164 Å². The van der Waals surface area contributed by atoms with Crippen LogP contribution < -0.4 is 20.7 Å². The summed E-state index contributed by atoms with van der Waals surface area (Å²) in [6.45, 7) is 1.81. The highest BCUT2D eigenvalue weighted by molar-refractivity contribution is 5.31. The number of hydrogen-bond acceptors (Lipinski definition) is 7. The summed E-state index contributed by atoms with van der Waals surface area (Å²) in [6.07, 6.45) is -0.780. The average Bonchev–Trinajstić information content (AvgIpc) is 2.90. The van der Waals surface area contributed by atoms with Gasteiger partial charge in [-0.15, -0.1) is 0 Å². The van der Waals surface area contributed by atoms with Crippen molar-refractivity contribution >= 4 is 0 Å². The van der Waals surface area contributed by atoms with Crippen LogP contribution in [0.1, 0.15) is 11.8 Å². The molecule has 0 aliphatic carbocycles. The average molecular weight is 401 g/mol. The predicted molar refractivity (Wildman–Crippen MR) is 100 cm³/mol. The highest BCUT2D eigenvalue weighted by Gasteiger charge is 2.64. The Balaban J connectivity index is 1.60. The van der Waals surface area contributed by atoms with Crippen molar-refractivity contribution in [3.63, 3.8) is 0 Å². The second kappa shape index (κ2) is 7.28. The molecule has 0 saturated carbocycles. The minimum absolute atomic E-state index is 0.0821. The van der Waals surface area contributed by atoms with Crippen LogP contribution in [0.5, 0.6) is 11.5 Å². The number of hydrogen-bond donors (Lipinski definition) is 1. The summed E-state index contributed by atoms with van der Waals surface area (Å²) in [6, 6.07) is 7.01. The molecule has 29 heavy (non-hydrogen) atoms. The summed E-state index contributed by atoms with van der Waals surface area (Å²) >= 11 is 0. The monoisotopic (exact) mass is 401 g/mol. The molecule has 2 fully saturated rings. The lowest BCUT2D eigenvalue weighted by Gasteiger charge is -2.43. The van der Waals surface area contributed by atoms with E-state index in [9.17, 15) is 9.59 Å². The molecule has 1 aromatic heterocycles. The van der Waals surface area contributed by atoms with E-state index < -0.39 is 35.2 Å². The minimum atomic E-state index is -1.00. The van der Waals surface area contributed by atoms with Crippen LogP contribution in [-0.4, -0.2) is 47.6 Å². The third kappa shape index (κ3) is 3.15. The first-order chi connectivity index (χ1) is 14.0. The molecule has 0 radical (unpaired) electrons. The zero-order valence-electron chi connectivity index (χ0n) is 15.8. The Bertz CT molecular complexity index is 1070. The third-order valence-electron chi connectivity index (χ3n) is 5.22. The van der Waals surface area contributed by atoms with Gasteiger partial charge >= 0.3 is 5.69 Å². The van der Waals surface area contributed by atoms with Crippen molar-refractivity contribution in [2.24, 2.45) is 5.11 Å². The maximum absolute atomic E-state index is 12.3. The molecule has 0 amide bonds. The molecule has 3 heterocycles. The van der Waals surface area contributed by atoms with Gasteiger partial charge in [0.2, 0.25) is 0 Å². The van der Waals surface area contributed by atoms with Gasteiger partial charge in [-0.25, -0.2) is 4.79 Å². The molecule has 2 aliphatic heterocycles. The third-order valence-corrected chi connectivity index (χ3v) is 5.22. The van der Waals surface area contributed by atoms with Crippen LogP contribution in [0.2, 0.25) is 0 Å². The number of fused-ring (bicyclic) bond motifs is 1. The van der Waals surface area contributed by atoms with E-state index in [4.69, 9.17) is 24.5 Å². The number of nitrogens with one attached hydrogen (secondary N) is 1. The number of nitrogens with zero attached hydrogens (tertiary/aromatic N) is 4. The fourth-order valence-corrected chi connectivity index (χ4v) is 3.56. The van der Waals surface area contributed by atoms with Crippen molar-refractivity contribution in [2.75, 3.05) is 20.3 Å². The zero-order chi connectivity index (χ0) is 20.6. The SMILES string of the molecule is COc1ccc(OC[C@H]2O[C@@H](n3cc(C)c(=O)[nH]c3=O)[C@H]3OC[C@]32N=[N+]=[N-])cc1. The Hall–Kier alpha value is -3.27. The van der Waals surface area contributed by atoms with Gasteiger partial charge in [-0.1, -0.05) is 5.11 Å². The summed E-state index contributed by atoms with van der Waals surface area (Å²) < 4.78 is 23.8.